The molecule has 0 N–H and O–H groups in total. The van der Waals surface area contributed by atoms with Crippen molar-refractivity contribution < 1.29 is 4.79 Å². The second-order valence-electron chi connectivity index (χ2n) is 10.5. The summed E-state index contributed by atoms with van der Waals surface area (Å²) in [6.07, 6.45) is 14.3. The summed E-state index contributed by atoms with van der Waals surface area (Å²) in [5.74, 6) is 3.85. The number of likely N-dealkylation sites (tertiary alicyclic amines) is 1. The number of amides is 1. The normalized spacial score (nSPS) is 28.3. The summed E-state index contributed by atoms with van der Waals surface area (Å²) < 4.78 is 0. The van der Waals surface area contributed by atoms with Gasteiger partial charge in [0, 0.05) is 19.5 Å². The van der Waals surface area contributed by atoms with Crippen LogP contribution < -0.4 is 0 Å². The van der Waals surface area contributed by atoms with Crippen molar-refractivity contribution in [2.24, 2.45) is 29.1 Å². The van der Waals surface area contributed by atoms with Gasteiger partial charge in [0.25, 0.3) is 0 Å². The zero-order valence-electron chi connectivity index (χ0n) is 18.4. The Morgan fingerprint density at radius 1 is 1.08 bits per heavy atom. The lowest BCUT2D eigenvalue weighted by atomic mass is 9.62. The molecule has 1 saturated carbocycles. The lowest BCUT2D eigenvalue weighted by molar-refractivity contribution is -0.127. The van der Waals surface area contributed by atoms with Crippen LogP contribution in [0.2, 0.25) is 0 Å². The van der Waals surface area contributed by atoms with E-state index >= 15 is 0 Å². The molecule has 2 nitrogen and oxygen atoms in total. The van der Waals surface area contributed by atoms with Crippen molar-refractivity contribution in [3.63, 3.8) is 0 Å². The summed E-state index contributed by atoms with van der Waals surface area (Å²) >= 11 is 0. The molecule has 0 spiro atoms. The molecular formula is C24H45NO. The van der Waals surface area contributed by atoms with Crippen molar-refractivity contribution in [2.45, 2.75) is 105 Å². The molecule has 0 aromatic rings. The van der Waals surface area contributed by atoms with Crippen LogP contribution >= 0.6 is 0 Å². The molecule has 0 radical (unpaired) electrons. The fraction of sp³-hybridized carbons (Fsp3) is 0.958. The van der Waals surface area contributed by atoms with Crippen molar-refractivity contribution in [1.29, 1.82) is 0 Å². The van der Waals surface area contributed by atoms with E-state index in [4.69, 9.17) is 0 Å². The van der Waals surface area contributed by atoms with E-state index in [9.17, 15) is 4.79 Å². The van der Waals surface area contributed by atoms with Crippen LogP contribution in [-0.4, -0.2) is 23.9 Å². The fourth-order valence-electron chi connectivity index (χ4n) is 5.60. The second-order valence-corrected chi connectivity index (χ2v) is 10.5. The average Bonchev–Trinajstić information content (AvgIpc) is 2.97. The second kappa shape index (κ2) is 10.1. The number of carbonyl (C=O) groups excluding carboxylic acids is 1. The van der Waals surface area contributed by atoms with Gasteiger partial charge in [-0.05, 0) is 54.8 Å². The van der Waals surface area contributed by atoms with Gasteiger partial charge in [-0.1, -0.05) is 73.1 Å². The highest BCUT2D eigenvalue weighted by atomic mass is 16.2. The number of nitrogens with zero attached hydrogens (tertiary/aromatic N) is 1. The Morgan fingerprint density at radius 2 is 1.77 bits per heavy atom. The third-order valence-corrected chi connectivity index (χ3v) is 7.60. The first-order chi connectivity index (χ1) is 12.3. The largest absolute Gasteiger partial charge is 0.343 e. The highest BCUT2D eigenvalue weighted by Gasteiger charge is 2.36. The molecule has 26 heavy (non-hydrogen) atoms. The zero-order valence-corrected chi connectivity index (χ0v) is 18.4. The molecule has 2 heteroatoms. The standard InChI is InChI=1S/C24H45NO/c1-19(13-14-22-21(3)11-7-16-24(22,4)5)9-6-10-20(2)15-18-25-17-8-12-23(25)26/h19-22H,6-18H2,1-5H3. The third-order valence-electron chi connectivity index (χ3n) is 7.60. The van der Waals surface area contributed by atoms with Gasteiger partial charge in [-0.2, -0.15) is 0 Å². The van der Waals surface area contributed by atoms with Crippen LogP contribution in [0.1, 0.15) is 105 Å². The molecule has 1 aliphatic heterocycles. The van der Waals surface area contributed by atoms with Crippen LogP contribution in [-0.2, 0) is 4.79 Å². The van der Waals surface area contributed by atoms with Gasteiger partial charge in [0.05, 0.1) is 0 Å². The topological polar surface area (TPSA) is 20.3 Å². The van der Waals surface area contributed by atoms with Crippen LogP contribution in [0.5, 0.6) is 0 Å². The Balaban J connectivity index is 1.58. The highest BCUT2D eigenvalue weighted by molar-refractivity contribution is 5.77. The quantitative estimate of drug-likeness (QED) is 0.423. The number of hydrogen-bond donors (Lipinski definition) is 0. The Hall–Kier alpha value is -0.530. The molecule has 1 heterocycles. The maximum atomic E-state index is 11.7. The molecule has 2 fully saturated rings. The maximum absolute atomic E-state index is 11.7. The van der Waals surface area contributed by atoms with Gasteiger partial charge in [0.2, 0.25) is 5.91 Å². The van der Waals surface area contributed by atoms with Crippen molar-refractivity contribution in [3.05, 3.63) is 0 Å². The summed E-state index contributed by atoms with van der Waals surface area (Å²) in [4.78, 5) is 13.8. The third kappa shape index (κ3) is 6.57. The van der Waals surface area contributed by atoms with E-state index in [-0.39, 0.29) is 0 Å². The molecule has 1 aliphatic carbocycles. The predicted molar refractivity (Wildman–Crippen MR) is 112 cm³/mol. The molecule has 0 aromatic carbocycles. The molecule has 0 aromatic heterocycles. The molecule has 152 valence electrons. The zero-order chi connectivity index (χ0) is 19.2. The summed E-state index contributed by atoms with van der Waals surface area (Å²) in [6, 6.07) is 0. The molecule has 1 saturated heterocycles. The van der Waals surface area contributed by atoms with Crippen LogP contribution in [0.3, 0.4) is 0 Å². The average molecular weight is 364 g/mol. The predicted octanol–water partition coefficient (Wildman–Crippen LogP) is 6.68. The van der Waals surface area contributed by atoms with Gasteiger partial charge in [-0.3, -0.25) is 4.79 Å². The van der Waals surface area contributed by atoms with E-state index in [1.54, 1.807) is 0 Å². The molecule has 2 rings (SSSR count). The van der Waals surface area contributed by atoms with E-state index in [1.165, 1.54) is 57.8 Å². The van der Waals surface area contributed by atoms with Gasteiger partial charge in [-0.15, -0.1) is 0 Å². The van der Waals surface area contributed by atoms with Crippen LogP contribution in [0.15, 0.2) is 0 Å². The molecule has 2 aliphatic rings. The Morgan fingerprint density at radius 3 is 2.38 bits per heavy atom. The lowest BCUT2D eigenvalue weighted by Gasteiger charge is -2.43. The Kier molecular flexibility index (Phi) is 8.48. The Bertz CT molecular complexity index is 430. The molecular weight excluding hydrogens is 318 g/mol. The molecule has 4 unspecified atom stereocenters. The minimum atomic E-state index is 0.380. The van der Waals surface area contributed by atoms with E-state index in [1.807, 2.05) is 0 Å². The number of rotatable bonds is 10. The molecule has 4 atom stereocenters. The monoisotopic (exact) mass is 363 g/mol. The molecule has 0 bridgehead atoms. The smallest absolute Gasteiger partial charge is 0.222 e. The van der Waals surface area contributed by atoms with Gasteiger partial charge in [0.15, 0.2) is 0 Å². The lowest BCUT2D eigenvalue weighted by Crippen LogP contribution is -2.33. The van der Waals surface area contributed by atoms with E-state index < -0.39 is 0 Å². The van der Waals surface area contributed by atoms with Crippen molar-refractivity contribution in [1.82, 2.24) is 4.90 Å². The minimum absolute atomic E-state index is 0.380. The van der Waals surface area contributed by atoms with Gasteiger partial charge >= 0.3 is 0 Å². The van der Waals surface area contributed by atoms with E-state index in [2.05, 4.69) is 39.5 Å². The first-order valence-corrected chi connectivity index (χ1v) is 11.6. The summed E-state index contributed by atoms with van der Waals surface area (Å²) in [5, 5.41) is 0. The number of hydrogen-bond acceptors (Lipinski definition) is 1. The first-order valence-electron chi connectivity index (χ1n) is 11.6. The summed E-state index contributed by atoms with van der Waals surface area (Å²) in [7, 11) is 0. The minimum Gasteiger partial charge on any atom is -0.343 e. The number of carbonyl (C=O) groups is 1. The van der Waals surface area contributed by atoms with E-state index in [0.717, 1.165) is 49.6 Å². The van der Waals surface area contributed by atoms with Gasteiger partial charge in [0.1, 0.15) is 0 Å². The SMILES string of the molecule is CC(CCCC(C)CCN1CCCC1=O)CCC1C(C)CCCC1(C)C. The molecule has 1 amide bonds. The summed E-state index contributed by atoms with van der Waals surface area (Å²) in [5.41, 5.74) is 0.554. The maximum Gasteiger partial charge on any atom is 0.222 e. The fourth-order valence-corrected chi connectivity index (χ4v) is 5.60. The van der Waals surface area contributed by atoms with Crippen LogP contribution in [0.4, 0.5) is 0 Å². The van der Waals surface area contributed by atoms with Crippen molar-refractivity contribution in [2.75, 3.05) is 13.1 Å². The highest BCUT2D eigenvalue weighted by Crippen LogP contribution is 2.46. The van der Waals surface area contributed by atoms with Crippen molar-refractivity contribution in [3.8, 4) is 0 Å². The van der Waals surface area contributed by atoms with Crippen LogP contribution in [0.25, 0.3) is 0 Å². The van der Waals surface area contributed by atoms with Gasteiger partial charge in [-0.25, -0.2) is 0 Å². The van der Waals surface area contributed by atoms with Crippen molar-refractivity contribution >= 4 is 5.91 Å². The van der Waals surface area contributed by atoms with Crippen LogP contribution in [0, 0.1) is 29.1 Å². The Labute approximate surface area is 163 Å². The van der Waals surface area contributed by atoms with Gasteiger partial charge < -0.3 is 4.90 Å². The first kappa shape index (κ1) is 21.8. The summed E-state index contributed by atoms with van der Waals surface area (Å²) in [6.45, 7) is 14.3. The van der Waals surface area contributed by atoms with E-state index in [0.29, 0.717) is 11.3 Å².